The van der Waals surface area contributed by atoms with Gasteiger partial charge in [0, 0.05) is 9.92 Å². The summed E-state index contributed by atoms with van der Waals surface area (Å²) in [5, 5.41) is 3.74. The molecule has 0 spiro atoms. The van der Waals surface area contributed by atoms with E-state index in [1.165, 1.54) is 22.9 Å². The topological polar surface area (TPSA) is 29.1 Å². The highest BCUT2D eigenvalue weighted by Gasteiger charge is 2.10. The lowest BCUT2D eigenvalue weighted by atomic mass is 10.0. The van der Waals surface area contributed by atoms with E-state index in [1.54, 1.807) is 0 Å². The summed E-state index contributed by atoms with van der Waals surface area (Å²) in [4.78, 5) is 13.1. The summed E-state index contributed by atoms with van der Waals surface area (Å²) < 4.78 is 0. The summed E-state index contributed by atoms with van der Waals surface area (Å²) in [6.07, 6.45) is 0. The van der Waals surface area contributed by atoms with Crippen molar-refractivity contribution < 1.29 is 4.79 Å². The Hall–Kier alpha value is -1.45. The van der Waals surface area contributed by atoms with E-state index in [-0.39, 0.29) is 11.9 Å². The van der Waals surface area contributed by atoms with Crippen LogP contribution in [0.4, 0.5) is 0 Å². The summed E-state index contributed by atoms with van der Waals surface area (Å²) in [6, 6.07) is 13.8. The minimum atomic E-state index is 0.0117. The molecule has 1 atom stereocenters. The van der Waals surface area contributed by atoms with Crippen LogP contribution in [0.1, 0.15) is 29.7 Å². The van der Waals surface area contributed by atoms with Gasteiger partial charge in [-0.1, -0.05) is 29.8 Å². The average Bonchev–Trinajstić information content (AvgIpc) is 2.49. The SMILES string of the molecule is Cc1ccc([C@@H](C)NC(=O)CSc2ccc(Cl)cc2)cc1C. The van der Waals surface area contributed by atoms with Crippen molar-refractivity contribution in [3.63, 3.8) is 0 Å². The van der Waals surface area contributed by atoms with Gasteiger partial charge in [0.2, 0.25) is 5.91 Å². The van der Waals surface area contributed by atoms with E-state index in [0.29, 0.717) is 10.8 Å². The van der Waals surface area contributed by atoms with Crippen LogP contribution in [-0.2, 0) is 4.79 Å². The first-order valence-electron chi connectivity index (χ1n) is 7.20. The summed E-state index contributed by atoms with van der Waals surface area (Å²) in [5.74, 6) is 0.433. The van der Waals surface area contributed by atoms with Crippen molar-refractivity contribution in [1.29, 1.82) is 0 Å². The lowest BCUT2D eigenvalue weighted by molar-refractivity contribution is -0.119. The van der Waals surface area contributed by atoms with Crippen molar-refractivity contribution >= 4 is 29.3 Å². The molecule has 0 radical (unpaired) electrons. The largest absolute Gasteiger partial charge is 0.349 e. The fraction of sp³-hybridized carbons (Fsp3) is 0.278. The number of nitrogens with one attached hydrogen (secondary N) is 1. The van der Waals surface area contributed by atoms with E-state index < -0.39 is 0 Å². The van der Waals surface area contributed by atoms with Gasteiger partial charge in [0.1, 0.15) is 0 Å². The van der Waals surface area contributed by atoms with Crippen molar-refractivity contribution in [2.24, 2.45) is 0 Å². The summed E-state index contributed by atoms with van der Waals surface area (Å²) in [7, 11) is 0. The molecule has 4 heteroatoms. The van der Waals surface area contributed by atoms with Crippen LogP contribution in [0.15, 0.2) is 47.4 Å². The number of thioether (sulfide) groups is 1. The molecule has 0 aliphatic heterocycles. The normalized spacial score (nSPS) is 12.0. The van der Waals surface area contributed by atoms with Gasteiger partial charge in [-0.15, -0.1) is 11.8 Å². The van der Waals surface area contributed by atoms with Crippen LogP contribution in [0, 0.1) is 13.8 Å². The van der Waals surface area contributed by atoms with Gasteiger partial charge in [-0.3, -0.25) is 4.79 Å². The molecule has 0 aromatic heterocycles. The number of hydrogen-bond acceptors (Lipinski definition) is 2. The third-order valence-electron chi connectivity index (χ3n) is 3.59. The molecule has 116 valence electrons. The third kappa shape index (κ3) is 4.79. The Morgan fingerprint density at radius 1 is 1.14 bits per heavy atom. The zero-order valence-electron chi connectivity index (χ0n) is 13.0. The first kappa shape index (κ1) is 16.9. The second-order valence-corrected chi connectivity index (χ2v) is 6.86. The van der Waals surface area contributed by atoms with Crippen molar-refractivity contribution in [3.8, 4) is 0 Å². The Morgan fingerprint density at radius 3 is 2.45 bits per heavy atom. The molecule has 0 unspecified atom stereocenters. The molecule has 2 nitrogen and oxygen atoms in total. The number of carbonyl (C=O) groups excluding carboxylic acids is 1. The van der Waals surface area contributed by atoms with Crippen LogP contribution in [0.3, 0.4) is 0 Å². The van der Waals surface area contributed by atoms with Gasteiger partial charge < -0.3 is 5.32 Å². The van der Waals surface area contributed by atoms with Gasteiger partial charge in [0.05, 0.1) is 11.8 Å². The van der Waals surface area contributed by atoms with Gasteiger partial charge in [0.15, 0.2) is 0 Å². The number of rotatable bonds is 5. The van der Waals surface area contributed by atoms with E-state index in [9.17, 15) is 4.79 Å². The van der Waals surface area contributed by atoms with Gasteiger partial charge in [-0.25, -0.2) is 0 Å². The van der Waals surface area contributed by atoms with Crippen LogP contribution >= 0.6 is 23.4 Å². The lowest BCUT2D eigenvalue weighted by Crippen LogP contribution is -2.28. The van der Waals surface area contributed by atoms with Crippen LogP contribution in [0.2, 0.25) is 5.02 Å². The standard InChI is InChI=1S/C18H20ClNOS/c1-12-4-5-15(10-13(12)2)14(3)20-18(21)11-22-17-8-6-16(19)7-9-17/h4-10,14H,11H2,1-3H3,(H,20,21)/t14-/m1/s1. The second-order valence-electron chi connectivity index (χ2n) is 5.38. The molecule has 1 N–H and O–H groups in total. The summed E-state index contributed by atoms with van der Waals surface area (Å²) in [6.45, 7) is 6.18. The number of hydrogen-bond donors (Lipinski definition) is 1. The maximum absolute atomic E-state index is 12.1. The molecule has 0 heterocycles. The molecule has 0 aliphatic rings. The second kappa shape index (κ2) is 7.70. The van der Waals surface area contributed by atoms with Crippen LogP contribution in [0.5, 0.6) is 0 Å². The smallest absolute Gasteiger partial charge is 0.230 e. The fourth-order valence-electron chi connectivity index (χ4n) is 2.08. The first-order chi connectivity index (χ1) is 10.5. The molecule has 2 aromatic rings. The number of halogens is 1. The van der Waals surface area contributed by atoms with Crippen molar-refractivity contribution in [2.45, 2.75) is 31.7 Å². The minimum Gasteiger partial charge on any atom is -0.349 e. The van der Waals surface area contributed by atoms with E-state index >= 15 is 0 Å². The molecular formula is C18H20ClNOS. The highest BCUT2D eigenvalue weighted by Crippen LogP contribution is 2.21. The molecule has 0 aliphatic carbocycles. The molecule has 0 saturated carbocycles. The number of aryl methyl sites for hydroxylation is 2. The Labute approximate surface area is 141 Å². The summed E-state index contributed by atoms with van der Waals surface area (Å²) >= 11 is 7.36. The summed E-state index contributed by atoms with van der Waals surface area (Å²) in [5.41, 5.74) is 3.64. The monoisotopic (exact) mass is 333 g/mol. The third-order valence-corrected chi connectivity index (χ3v) is 4.86. The predicted molar refractivity (Wildman–Crippen MR) is 94.6 cm³/mol. The molecule has 0 fully saturated rings. The van der Waals surface area contributed by atoms with E-state index in [0.717, 1.165) is 10.5 Å². The number of benzene rings is 2. The highest BCUT2D eigenvalue weighted by molar-refractivity contribution is 8.00. The van der Waals surface area contributed by atoms with E-state index in [4.69, 9.17) is 11.6 Å². The Balaban J connectivity index is 1.88. The van der Waals surface area contributed by atoms with E-state index in [2.05, 4.69) is 37.4 Å². The van der Waals surface area contributed by atoms with Crippen LogP contribution in [-0.4, -0.2) is 11.7 Å². The zero-order valence-corrected chi connectivity index (χ0v) is 14.6. The van der Waals surface area contributed by atoms with Crippen LogP contribution in [0.25, 0.3) is 0 Å². The Bertz CT molecular complexity index is 655. The van der Waals surface area contributed by atoms with Gasteiger partial charge in [-0.05, 0) is 61.7 Å². The van der Waals surface area contributed by atoms with Crippen LogP contribution < -0.4 is 5.32 Å². The fourth-order valence-corrected chi connectivity index (χ4v) is 2.92. The molecular weight excluding hydrogens is 314 g/mol. The van der Waals surface area contributed by atoms with Gasteiger partial charge in [-0.2, -0.15) is 0 Å². The predicted octanol–water partition coefficient (Wildman–Crippen LogP) is 4.93. The maximum Gasteiger partial charge on any atom is 0.230 e. The van der Waals surface area contributed by atoms with Gasteiger partial charge >= 0.3 is 0 Å². The Kier molecular flexibility index (Phi) is 5.92. The molecule has 1 amide bonds. The number of carbonyl (C=O) groups is 1. The minimum absolute atomic E-state index is 0.0117. The van der Waals surface area contributed by atoms with Gasteiger partial charge in [0.25, 0.3) is 0 Å². The lowest BCUT2D eigenvalue weighted by Gasteiger charge is -2.15. The molecule has 2 aromatic carbocycles. The molecule has 0 bridgehead atoms. The van der Waals surface area contributed by atoms with Crippen molar-refractivity contribution in [2.75, 3.05) is 5.75 Å². The Morgan fingerprint density at radius 2 is 1.82 bits per heavy atom. The number of amides is 1. The highest BCUT2D eigenvalue weighted by atomic mass is 35.5. The quantitative estimate of drug-likeness (QED) is 0.786. The zero-order chi connectivity index (χ0) is 16.1. The average molecular weight is 334 g/mol. The molecule has 0 saturated heterocycles. The van der Waals surface area contributed by atoms with E-state index in [1.807, 2.05) is 31.2 Å². The van der Waals surface area contributed by atoms with Crippen molar-refractivity contribution in [3.05, 3.63) is 64.2 Å². The molecule has 22 heavy (non-hydrogen) atoms. The van der Waals surface area contributed by atoms with Crippen molar-refractivity contribution in [1.82, 2.24) is 5.32 Å². The first-order valence-corrected chi connectivity index (χ1v) is 8.57. The maximum atomic E-state index is 12.1. The molecule has 2 rings (SSSR count).